The largest absolute Gasteiger partial charge is 0.490 e. The van der Waals surface area contributed by atoms with Crippen LogP contribution >= 0.6 is 0 Å². The molecule has 30 heavy (non-hydrogen) atoms. The number of carbonyl (C=O) groups is 1. The summed E-state index contributed by atoms with van der Waals surface area (Å²) in [7, 11) is -3.91. The molecule has 160 valence electrons. The Labute approximate surface area is 175 Å². The second kappa shape index (κ2) is 9.88. The molecule has 0 bridgehead atoms. The van der Waals surface area contributed by atoms with Crippen LogP contribution in [0.3, 0.4) is 0 Å². The number of hydrogen-bond donors (Lipinski definition) is 1. The predicted octanol–water partition coefficient (Wildman–Crippen LogP) is 3.34. The maximum Gasteiger partial charge on any atom is 0.271 e. The van der Waals surface area contributed by atoms with Crippen molar-refractivity contribution >= 4 is 33.0 Å². The lowest BCUT2D eigenvalue weighted by Gasteiger charge is -2.30. The maximum absolute atomic E-state index is 12.9. The van der Waals surface area contributed by atoms with Gasteiger partial charge in [0.25, 0.3) is 5.69 Å². The van der Waals surface area contributed by atoms with Crippen LogP contribution in [-0.4, -0.2) is 38.2 Å². The second-order valence-electron chi connectivity index (χ2n) is 6.37. The summed E-state index contributed by atoms with van der Waals surface area (Å²) in [5.74, 6) is 0.0310. The lowest BCUT2D eigenvalue weighted by Crippen LogP contribution is -2.47. The third-order valence-corrected chi connectivity index (χ3v) is 5.29. The van der Waals surface area contributed by atoms with E-state index < -0.39 is 26.9 Å². The fraction of sp³-hybridized carbons (Fsp3) is 0.250. The van der Waals surface area contributed by atoms with Crippen molar-refractivity contribution in [1.29, 1.82) is 0 Å². The van der Waals surface area contributed by atoms with E-state index >= 15 is 0 Å². The van der Waals surface area contributed by atoms with E-state index in [9.17, 15) is 23.3 Å². The molecule has 0 heterocycles. The molecule has 0 aliphatic heterocycles. The number of anilines is 2. The third kappa shape index (κ3) is 5.80. The first kappa shape index (κ1) is 22.9. The van der Waals surface area contributed by atoms with Crippen molar-refractivity contribution in [3.8, 4) is 5.75 Å². The van der Waals surface area contributed by atoms with Crippen LogP contribution < -0.4 is 14.4 Å². The smallest absolute Gasteiger partial charge is 0.271 e. The van der Waals surface area contributed by atoms with Crippen molar-refractivity contribution in [2.75, 3.05) is 22.5 Å². The molecule has 10 heteroatoms. The number of ether oxygens (including phenoxy) is 1. The molecule has 0 spiro atoms. The number of nitrogens with zero attached hydrogens (tertiary/aromatic N) is 2. The van der Waals surface area contributed by atoms with Crippen LogP contribution in [0.25, 0.3) is 0 Å². The topological polar surface area (TPSA) is 119 Å². The monoisotopic (exact) mass is 433 g/mol. The number of benzene rings is 2. The highest BCUT2D eigenvalue weighted by Crippen LogP contribution is 2.27. The van der Waals surface area contributed by atoms with E-state index in [0.717, 1.165) is 16.6 Å². The molecular weight excluding hydrogens is 410 g/mol. The highest BCUT2D eigenvalue weighted by atomic mass is 32.2. The standard InChI is InChI=1S/C20H23N3O6S/c1-4-13-29-18-11-9-15(10-12-18)21-20(24)19(5-2)22(30(3,27)28)16-7-6-8-17(14-16)23(25)26/h4,6-12,14,19H,1,5,13H2,2-3H3,(H,21,24)/t19-/m0/s1. The summed E-state index contributed by atoms with van der Waals surface area (Å²) in [6.07, 6.45) is 2.71. The van der Waals surface area contributed by atoms with Gasteiger partial charge in [-0.1, -0.05) is 25.6 Å². The molecule has 0 saturated heterocycles. The van der Waals surface area contributed by atoms with Gasteiger partial charge >= 0.3 is 0 Å². The molecule has 0 radical (unpaired) electrons. The molecule has 0 aliphatic carbocycles. The number of non-ortho nitro benzene ring substituents is 1. The quantitative estimate of drug-likeness (QED) is 0.349. The molecule has 0 unspecified atom stereocenters. The van der Waals surface area contributed by atoms with Crippen LogP contribution in [0.5, 0.6) is 5.75 Å². The number of sulfonamides is 1. The molecule has 0 aromatic heterocycles. The van der Waals surface area contributed by atoms with Gasteiger partial charge in [-0.2, -0.15) is 0 Å². The minimum Gasteiger partial charge on any atom is -0.490 e. The van der Waals surface area contributed by atoms with Gasteiger partial charge in [-0.25, -0.2) is 8.42 Å². The Balaban J connectivity index is 2.31. The Kier molecular flexibility index (Phi) is 7.54. The van der Waals surface area contributed by atoms with E-state index in [4.69, 9.17) is 4.74 Å². The van der Waals surface area contributed by atoms with Crippen molar-refractivity contribution < 1.29 is 22.9 Å². The number of nitrogens with one attached hydrogen (secondary N) is 1. The van der Waals surface area contributed by atoms with Gasteiger partial charge in [0.1, 0.15) is 18.4 Å². The molecule has 1 atom stereocenters. The van der Waals surface area contributed by atoms with Crippen LogP contribution in [0, 0.1) is 10.1 Å². The summed E-state index contributed by atoms with van der Waals surface area (Å²) in [4.78, 5) is 23.3. The van der Waals surface area contributed by atoms with Gasteiger partial charge in [-0.15, -0.1) is 0 Å². The van der Waals surface area contributed by atoms with Gasteiger partial charge in [0.15, 0.2) is 0 Å². The number of carbonyl (C=O) groups excluding carboxylic acids is 1. The van der Waals surface area contributed by atoms with Gasteiger partial charge in [0, 0.05) is 17.8 Å². The highest BCUT2D eigenvalue weighted by Gasteiger charge is 2.32. The fourth-order valence-electron chi connectivity index (χ4n) is 2.82. The summed E-state index contributed by atoms with van der Waals surface area (Å²) >= 11 is 0. The molecule has 1 amide bonds. The van der Waals surface area contributed by atoms with Crippen LogP contribution in [0.4, 0.5) is 17.1 Å². The van der Waals surface area contributed by atoms with Crippen LogP contribution in [0.2, 0.25) is 0 Å². The summed E-state index contributed by atoms with van der Waals surface area (Å²) in [5.41, 5.74) is 0.227. The lowest BCUT2D eigenvalue weighted by atomic mass is 10.1. The Morgan fingerprint density at radius 1 is 1.30 bits per heavy atom. The molecule has 2 aromatic rings. The zero-order chi connectivity index (χ0) is 22.3. The summed E-state index contributed by atoms with van der Waals surface area (Å²) in [6, 6.07) is 10.6. The van der Waals surface area contributed by atoms with E-state index in [1.807, 2.05) is 0 Å². The van der Waals surface area contributed by atoms with E-state index in [-0.39, 0.29) is 17.8 Å². The second-order valence-corrected chi connectivity index (χ2v) is 8.23. The lowest BCUT2D eigenvalue weighted by molar-refractivity contribution is -0.384. The number of rotatable bonds is 10. The van der Waals surface area contributed by atoms with Crippen molar-refractivity contribution in [1.82, 2.24) is 0 Å². The van der Waals surface area contributed by atoms with Gasteiger partial charge < -0.3 is 10.1 Å². The summed E-state index contributed by atoms with van der Waals surface area (Å²) in [5, 5.41) is 13.8. The number of nitro groups is 1. The normalized spacial score (nSPS) is 11.9. The first-order valence-corrected chi connectivity index (χ1v) is 10.9. The molecule has 0 saturated carbocycles. The third-order valence-electron chi connectivity index (χ3n) is 4.11. The van der Waals surface area contributed by atoms with Crippen LogP contribution in [0.1, 0.15) is 13.3 Å². The average molecular weight is 433 g/mol. The fourth-order valence-corrected chi connectivity index (χ4v) is 4.02. The highest BCUT2D eigenvalue weighted by molar-refractivity contribution is 7.92. The number of nitro benzene ring substituents is 1. The molecular formula is C20H23N3O6S. The Hall–Kier alpha value is -3.40. The maximum atomic E-state index is 12.9. The average Bonchev–Trinajstić information content (AvgIpc) is 2.70. The van der Waals surface area contributed by atoms with Crippen LogP contribution in [0.15, 0.2) is 61.2 Å². The first-order chi connectivity index (χ1) is 14.2. The van der Waals surface area contributed by atoms with E-state index in [1.54, 1.807) is 37.3 Å². The summed E-state index contributed by atoms with van der Waals surface area (Å²) in [6.45, 7) is 5.57. The minimum atomic E-state index is -3.91. The minimum absolute atomic E-state index is 0.0434. The van der Waals surface area contributed by atoms with E-state index in [2.05, 4.69) is 11.9 Å². The Morgan fingerprint density at radius 2 is 1.97 bits per heavy atom. The van der Waals surface area contributed by atoms with E-state index in [1.165, 1.54) is 18.2 Å². The van der Waals surface area contributed by atoms with Gasteiger partial charge in [0.2, 0.25) is 15.9 Å². The number of amides is 1. The molecule has 9 nitrogen and oxygen atoms in total. The van der Waals surface area contributed by atoms with Gasteiger partial charge in [0.05, 0.1) is 16.9 Å². The molecule has 0 aliphatic rings. The summed E-state index contributed by atoms with van der Waals surface area (Å²) < 4.78 is 31.2. The van der Waals surface area contributed by atoms with Crippen molar-refractivity contribution in [2.45, 2.75) is 19.4 Å². The molecule has 0 fully saturated rings. The predicted molar refractivity (Wildman–Crippen MR) is 115 cm³/mol. The SMILES string of the molecule is C=CCOc1ccc(NC(=O)[C@H](CC)N(c2cccc([N+](=O)[O-])c2)S(C)(=O)=O)cc1. The zero-order valence-corrected chi connectivity index (χ0v) is 17.5. The molecule has 1 N–H and O–H groups in total. The Morgan fingerprint density at radius 3 is 2.50 bits per heavy atom. The van der Waals surface area contributed by atoms with E-state index in [0.29, 0.717) is 18.0 Å². The molecule has 2 aromatic carbocycles. The van der Waals surface area contributed by atoms with Crippen molar-refractivity contribution in [3.63, 3.8) is 0 Å². The van der Waals surface area contributed by atoms with Crippen molar-refractivity contribution in [3.05, 3.63) is 71.3 Å². The number of hydrogen-bond acceptors (Lipinski definition) is 6. The van der Waals surface area contributed by atoms with Crippen molar-refractivity contribution in [2.24, 2.45) is 0 Å². The molecule has 2 rings (SSSR count). The Bertz CT molecular complexity index is 1020. The van der Waals surface area contributed by atoms with Crippen LogP contribution in [-0.2, 0) is 14.8 Å². The van der Waals surface area contributed by atoms with Gasteiger partial charge in [-0.05, 0) is 36.8 Å². The zero-order valence-electron chi connectivity index (χ0n) is 16.6. The first-order valence-electron chi connectivity index (χ1n) is 9.05. The van der Waals surface area contributed by atoms with Gasteiger partial charge in [-0.3, -0.25) is 19.2 Å².